The van der Waals surface area contributed by atoms with Crippen LogP contribution in [0.5, 0.6) is 23.0 Å². The first kappa shape index (κ1) is 32.6. The van der Waals surface area contributed by atoms with Crippen LogP contribution < -0.4 is 9.47 Å². The molecule has 0 aliphatic carbocycles. The van der Waals surface area contributed by atoms with Crippen molar-refractivity contribution in [3.63, 3.8) is 0 Å². The molecule has 2 aromatic carbocycles. The summed E-state index contributed by atoms with van der Waals surface area (Å²) in [6, 6.07) is 9.36. The van der Waals surface area contributed by atoms with E-state index in [1.54, 1.807) is 0 Å². The number of rotatable bonds is 8. The number of aliphatic hydroxyl groups is 7. The number of aliphatic hydroxyl groups excluding tert-OH is 7. The second-order valence-corrected chi connectivity index (χ2v) is 10.6. The number of ether oxygens (including phenoxy) is 5. The number of hydrogen-bond donors (Lipinski definition) is 9. The van der Waals surface area contributed by atoms with Crippen LogP contribution in [0.4, 0.5) is 0 Å². The standard InChI is InChI=1S/C29H32O16/c1-11(31)40-10-20-22(35)24(37)26(39)28(45-20)42-17-7-14(33)6-16-15(17)8-18(27(41-16)12-2-4-13(32)5-3-12)43-29-25(38)23(36)21(34)19(9-30)44-29/h2-8,19-26,28-30,34-39H,9-10H2,1H3,(H-,32,33)/p+1. The van der Waals surface area contributed by atoms with Gasteiger partial charge in [-0.05, 0) is 24.3 Å². The molecule has 3 aromatic rings. The van der Waals surface area contributed by atoms with E-state index in [4.69, 9.17) is 28.1 Å². The third-order valence-corrected chi connectivity index (χ3v) is 7.38. The molecular weight excluding hydrogens is 604 g/mol. The van der Waals surface area contributed by atoms with E-state index in [-0.39, 0.29) is 39.7 Å². The molecule has 10 atom stereocenters. The van der Waals surface area contributed by atoms with Crippen molar-refractivity contribution in [1.82, 2.24) is 0 Å². The second-order valence-electron chi connectivity index (χ2n) is 10.6. The van der Waals surface area contributed by atoms with Gasteiger partial charge in [-0.2, -0.15) is 0 Å². The molecule has 0 spiro atoms. The highest BCUT2D eigenvalue weighted by Crippen LogP contribution is 2.42. The summed E-state index contributed by atoms with van der Waals surface area (Å²) in [5.41, 5.74) is 0.341. The van der Waals surface area contributed by atoms with Crippen LogP contribution in [0.25, 0.3) is 22.3 Å². The number of carbonyl (C=O) groups excluding carboxylic acids is 1. The first-order valence-electron chi connectivity index (χ1n) is 13.8. The molecule has 10 unspecified atom stereocenters. The van der Waals surface area contributed by atoms with Crippen LogP contribution in [0.1, 0.15) is 6.92 Å². The Bertz CT molecular complexity index is 1500. The average molecular weight is 638 g/mol. The summed E-state index contributed by atoms with van der Waals surface area (Å²) in [5, 5.41) is 92.3. The predicted octanol–water partition coefficient (Wildman–Crippen LogP) is -1.28. The minimum absolute atomic E-state index is 0.00317. The summed E-state index contributed by atoms with van der Waals surface area (Å²) in [7, 11) is 0. The fourth-order valence-electron chi connectivity index (χ4n) is 4.94. The van der Waals surface area contributed by atoms with E-state index in [9.17, 15) is 50.8 Å². The summed E-state index contributed by atoms with van der Waals surface area (Å²) in [4.78, 5) is 11.3. The molecule has 5 rings (SSSR count). The van der Waals surface area contributed by atoms with Gasteiger partial charge in [0.25, 0.3) is 0 Å². The summed E-state index contributed by atoms with van der Waals surface area (Å²) >= 11 is 0. The molecule has 1 aromatic heterocycles. The van der Waals surface area contributed by atoms with Gasteiger partial charge in [0.05, 0.1) is 18.2 Å². The average Bonchev–Trinajstić information content (AvgIpc) is 3.01. The van der Waals surface area contributed by atoms with Gasteiger partial charge in [0.1, 0.15) is 78.1 Å². The molecule has 16 heteroatoms. The van der Waals surface area contributed by atoms with E-state index in [2.05, 4.69) is 0 Å². The minimum Gasteiger partial charge on any atom is -0.508 e. The molecule has 244 valence electrons. The van der Waals surface area contributed by atoms with Crippen LogP contribution in [-0.2, 0) is 19.0 Å². The molecule has 0 radical (unpaired) electrons. The number of esters is 1. The van der Waals surface area contributed by atoms with Crippen LogP contribution in [0.2, 0.25) is 0 Å². The normalized spacial score (nSPS) is 31.8. The quantitative estimate of drug-likeness (QED) is 0.103. The molecule has 3 heterocycles. The number of benzene rings is 2. The minimum atomic E-state index is -1.80. The van der Waals surface area contributed by atoms with Gasteiger partial charge in [0, 0.05) is 19.1 Å². The van der Waals surface area contributed by atoms with Gasteiger partial charge in [-0.1, -0.05) is 0 Å². The fraction of sp³-hybridized carbons (Fsp3) is 0.448. The highest BCUT2D eigenvalue weighted by molar-refractivity contribution is 5.88. The van der Waals surface area contributed by atoms with E-state index < -0.39 is 80.6 Å². The van der Waals surface area contributed by atoms with E-state index in [0.717, 1.165) is 13.0 Å². The first-order chi connectivity index (χ1) is 21.4. The van der Waals surface area contributed by atoms with Crippen molar-refractivity contribution in [2.45, 2.75) is 68.3 Å². The van der Waals surface area contributed by atoms with Gasteiger partial charge in [-0.25, -0.2) is 4.42 Å². The number of carbonyl (C=O) groups is 1. The van der Waals surface area contributed by atoms with Gasteiger partial charge in [-0.3, -0.25) is 4.79 Å². The summed E-state index contributed by atoms with van der Waals surface area (Å²) in [5.74, 6) is -1.42. The Morgan fingerprint density at radius 3 is 1.93 bits per heavy atom. The van der Waals surface area contributed by atoms with Gasteiger partial charge in [0.15, 0.2) is 0 Å². The van der Waals surface area contributed by atoms with Crippen molar-refractivity contribution in [3.8, 4) is 34.3 Å². The number of phenols is 2. The van der Waals surface area contributed by atoms with Crippen molar-refractivity contribution in [2.24, 2.45) is 0 Å². The number of aromatic hydroxyl groups is 2. The van der Waals surface area contributed by atoms with E-state index >= 15 is 0 Å². The fourth-order valence-corrected chi connectivity index (χ4v) is 4.94. The Morgan fingerprint density at radius 1 is 0.756 bits per heavy atom. The highest BCUT2D eigenvalue weighted by atomic mass is 16.7. The Kier molecular flexibility index (Phi) is 9.59. The third kappa shape index (κ3) is 6.74. The largest absolute Gasteiger partial charge is 0.508 e. The molecule has 2 fully saturated rings. The van der Waals surface area contributed by atoms with Gasteiger partial charge >= 0.3 is 17.3 Å². The summed E-state index contributed by atoms with van der Waals surface area (Å²) < 4.78 is 33.8. The first-order valence-corrected chi connectivity index (χ1v) is 13.8. The maximum atomic E-state index is 11.3. The highest BCUT2D eigenvalue weighted by Gasteiger charge is 2.47. The van der Waals surface area contributed by atoms with Crippen LogP contribution >= 0.6 is 0 Å². The Morgan fingerprint density at radius 2 is 1.33 bits per heavy atom. The SMILES string of the molecule is CC(=O)OCC1OC(Oc2cc(O)cc3[o+]c(-c4ccc(O)cc4)c(OC4OC(CO)C(O)C(O)C4O)cc23)C(O)C(O)C1O. The number of phenolic OH excluding ortho intramolecular Hbond substituents is 2. The number of fused-ring (bicyclic) bond motifs is 1. The lowest BCUT2D eigenvalue weighted by molar-refractivity contribution is -0.278. The van der Waals surface area contributed by atoms with Crippen LogP contribution in [0, 0.1) is 0 Å². The molecule has 2 saturated heterocycles. The Hall–Kier alpha value is -3.84. The van der Waals surface area contributed by atoms with Crippen LogP contribution in [0.3, 0.4) is 0 Å². The van der Waals surface area contributed by atoms with Crippen LogP contribution in [0.15, 0.2) is 46.9 Å². The monoisotopic (exact) mass is 637 g/mol. The van der Waals surface area contributed by atoms with E-state index in [0.29, 0.717) is 5.56 Å². The molecule has 45 heavy (non-hydrogen) atoms. The lowest BCUT2D eigenvalue weighted by Gasteiger charge is -2.40. The van der Waals surface area contributed by atoms with Crippen molar-refractivity contribution < 1.29 is 78.9 Å². The van der Waals surface area contributed by atoms with Gasteiger partial charge in [0.2, 0.25) is 18.3 Å². The molecule has 9 N–H and O–H groups in total. The number of hydrogen-bond acceptors (Lipinski definition) is 15. The van der Waals surface area contributed by atoms with Crippen molar-refractivity contribution in [3.05, 3.63) is 42.5 Å². The summed E-state index contributed by atoms with van der Waals surface area (Å²) in [6.07, 6.45) is -16.3. The predicted molar refractivity (Wildman–Crippen MR) is 148 cm³/mol. The Labute approximate surface area is 254 Å². The summed E-state index contributed by atoms with van der Waals surface area (Å²) in [6.45, 7) is -0.0475. The maximum Gasteiger partial charge on any atom is 0.402 e. The van der Waals surface area contributed by atoms with Crippen LogP contribution in [-0.4, -0.2) is 127 Å². The Balaban J connectivity index is 1.56. The zero-order chi connectivity index (χ0) is 32.6. The third-order valence-electron chi connectivity index (χ3n) is 7.38. The van der Waals surface area contributed by atoms with Crippen molar-refractivity contribution >= 4 is 16.9 Å². The zero-order valence-electron chi connectivity index (χ0n) is 23.6. The van der Waals surface area contributed by atoms with Gasteiger partial charge < -0.3 is 69.6 Å². The molecule has 2 aliphatic rings. The van der Waals surface area contributed by atoms with E-state index in [1.807, 2.05) is 0 Å². The molecule has 2 aliphatic heterocycles. The maximum absolute atomic E-state index is 11.3. The smallest absolute Gasteiger partial charge is 0.402 e. The molecule has 16 nitrogen and oxygen atoms in total. The van der Waals surface area contributed by atoms with E-state index in [1.165, 1.54) is 36.4 Å². The molecule has 0 saturated carbocycles. The lowest BCUT2D eigenvalue weighted by atomic mass is 9.99. The second kappa shape index (κ2) is 13.3. The molecule has 0 bridgehead atoms. The topological polar surface area (TPSA) is 257 Å². The lowest BCUT2D eigenvalue weighted by Crippen LogP contribution is -2.60. The van der Waals surface area contributed by atoms with Crippen molar-refractivity contribution in [1.29, 1.82) is 0 Å². The molecular formula is C29H33O16+. The van der Waals surface area contributed by atoms with Crippen molar-refractivity contribution in [2.75, 3.05) is 13.2 Å². The molecule has 0 amide bonds. The van der Waals surface area contributed by atoms with Gasteiger partial charge in [-0.15, -0.1) is 0 Å². The zero-order valence-corrected chi connectivity index (χ0v) is 23.6.